The molecule has 2 N–H and O–H groups in total. The zero-order chi connectivity index (χ0) is 15.6. The van der Waals surface area contributed by atoms with Crippen LogP contribution in [0.4, 0.5) is 10.1 Å². The maximum atomic E-state index is 13.5. The van der Waals surface area contributed by atoms with Crippen molar-refractivity contribution >= 4 is 15.7 Å². The minimum Gasteiger partial charge on any atom is -0.396 e. The summed E-state index contributed by atoms with van der Waals surface area (Å²) in [4.78, 5) is 3.92. The van der Waals surface area contributed by atoms with Crippen molar-refractivity contribution in [3.63, 3.8) is 0 Å². The summed E-state index contributed by atoms with van der Waals surface area (Å²) in [5.41, 5.74) is 6.28. The van der Waals surface area contributed by atoms with Gasteiger partial charge in [-0.25, -0.2) is 12.8 Å². The van der Waals surface area contributed by atoms with Crippen LogP contribution in [0.1, 0.15) is 11.1 Å². The number of nitrogen functional groups attached to an aromatic ring is 1. The summed E-state index contributed by atoms with van der Waals surface area (Å²) >= 11 is 0. The number of nitrogens with zero attached hydrogens (tertiary/aromatic N) is 2. The van der Waals surface area contributed by atoms with E-state index in [2.05, 4.69) is 4.98 Å². The van der Waals surface area contributed by atoms with Gasteiger partial charge in [-0.15, -0.1) is 0 Å². The number of pyridine rings is 1. The number of benzene rings is 1. The van der Waals surface area contributed by atoms with E-state index >= 15 is 0 Å². The van der Waals surface area contributed by atoms with E-state index in [1.807, 2.05) is 0 Å². The fraction of sp³-hybridized carbons (Fsp3) is 0.214. The number of rotatable bonds is 4. The highest BCUT2D eigenvalue weighted by molar-refractivity contribution is 7.89. The molecule has 0 aliphatic heterocycles. The number of anilines is 1. The molecule has 0 aliphatic rings. The molecule has 0 amide bonds. The van der Waals surface area contributed by atoms with Crippen molar-refractivity contribution in [1.29, 1.82) is 0 Å². The quantitative estimate of drug-likeness (QED) is 0.876. The van der Waals surface area contributed by atoms with Gasteiger partial charge in [0, 0.05) is 26.0 Å². The number of sulfonamides is 1. The Hall–Kier alpha value is -1.99. The van der Waals surface area contributed by atoms with Crippen LogP contribution in [0.2, 0.25) is 0 Å². The summed E-state index contributed by atoms with van der Waals surface area (Å²) in [6, 6.07) is 5.93. The van der Waals surface area contributed by atoms with E-state index in [0.717, 1.165) is 11.6 Å². The lowest BCUT2D eigenvalue weighted by Crippen LogP contribution is -2.26. The maximum Gasteiger partial charge on any atom is 0.243 e. The summed E-state index contributed by atoms with van der Waals surface area (Å²) in [7, 11) is -2.28. The summed E-state index contributed by atoms with van der Waals surface area (Å²) < 4.78 is 39.6. The first-order valence-electron chi connectivity index (χ1n) is 6.23. The van der Waals surface area contributed by atoms with Gasteiger partial charge in [-0.2, -0.15) is 4.31 Å². The summed E-state index contributed by atoms with van der Waals surface area (Å²) in [6.07, 6.45) is 3.21. The van der Waals surface area contributed by atoms with E-state index in [-0.39, 0.29) is 22.7 Å². The molecule has 0 spiro atoms. The number of hydrogen-bond acceptors (Lipinski definition) is 4. The molecular formula is C14H16FN3O2S. The van der Waals surface area contributed by atoms with Gasteiger partial charge in [-0.1, -0.05) is 6.07 Å². The van der Waals surface area contributed by atoms with Gasteiger partial charge in [-0.3, -0.25) is 4.98 Å². The van der Waals surface area contributed by atoms with Crippen molar-refractivity contribution in [2.45, 2.75) is 18.4 Å². The van der Waals surface area contributed by atoms with Gasteiger partial charge in [0.25, 0.3) is 0 Å². The zero-order valence-electron chi connectivity index (χ0n) is 11.7. The van der Waals surface area contributed by atoms with Gasteiger partial charge >= 0.3 is 0 Å². The lowest BCUT2D eigenvalue weighted by molar-refractivity contribution is 0.466. The molecule has 0 saturated heterocycles. The van der Waals surface area contributed by atoms with Crippen LogP contribution in [0, 0.1) is 12.7 Å². The third-order valence-corrected chi connectivity index (χ3v) is 4.87. The molecule has 7 heteroatoms. The van der Waals surface area contributed by atoms with Crippen molar-refractivity contribution < 1.29 is 12.8 Å². The topological polar surface area (TPSA) is 76.3 Å². The summed E-state index contributed by atoms with van der Waals surface area (Å²) in [5, 5.41) is 0. The Morgan fingerprint density at radius 2 is 2.10 bits per heavy atom. The minimum absolute atomic E-state index is 0.0229. The molecular weight excluding hydrogens is 293 g/mol. The fourth-order valence-corrected chi connectivity index (χ4v) is 3.21. The molecule has 0 unspecified atom stereocenters. The predicted molar refractivity (Wildman–Crippen MR) is 78.4 cm³/mol. The minimum atomic E-state index is -3.74. The van der Waals surface area contributed by atoms with Crippen LogP contribution in [-0.4, -0.2) is 24.8 Å². The van der Waals surface area contributed by atoms with Crippen LogP contribution in [0.3, 0.4) is 0 Å². The third kappa shape index (κ3) is 3.20. The van der Waals surface area contributed by atoms with Crippen molar-refractivity contribution in [3.8, 4) is 0 Å². The van der Waals surface area contributed by atoms with E-state index in [4.69, 9.17) is 5.73 Å². The third-order valence-electron chi connectivity index (χ3n) is 3.09. The lowest BCUT2D eigenvalue weighted by atomic mass is 10.2. The Labute approximate surface area is 123 Å². The van der Waals surface area contributed by atoms with Crippen LogP contribution in [0.25, 0.3) is 0 Å². The molecule has 0 fully saturated rings. The number of nitrogens with two attached hydrogens (primary N) is 1. The van der Waals surface area contributed by atoms with E-state index in [1.165, 1.54) is 24.3 Å². The Kier molecular flexibility index (Phi) is 4.24. The average molecular weight is 309 g/mol. The van der Waals surface area contributed by atoms with Gasteiger partial charge < -0.3 is 5.73 Å². The number of aromatic nitrogens is 1. The average Bonchev–Trinajstić information content (AvgIpc) is 2.45. The molecule has 0 atom stereocenters. The molecule has 112 valence electrons. The normalized spacial score (nSPS) is 11.8. The molecule has 1 aromatic carbocycles. The first-order valence-corrected chi connectivity index (χ1v) is 7.67. The molecule has 0 bridgehead atoms. The first kappa shape index (κ1) is 15.4. The van der Waals surface area contributed by atoms with Crippen molar-refractivity contribution in [3.05, 3.63) is 53.6 Å². The molecule has 1 aromatic heterocycles. The van der Waals surface area contributed by atoms with Crippen LogP contribution in [-0.2, 0) is 16.6 Å². The second-order valence-corrected chi connectivity index (χ2v) is 6.81. The monoisotopic (exact) mass is 309 g/mol. The van der Waals surface area contributed by atoms with Gasteiger partial charge in [-0.05, 0) is 36.2 Å². The highest BCUT2D eigenvalue weighted by atomic mass is 32.2. The van der Waals surface area contributed by atoms with E-state index < -0.39 is 15.8 Å². The molecule has 0 aliphatic carbocycles. The Bertz CT molecular complexity index is 725. The van der Waals surface area contributed by atoms with Crippen molar-refractivity contribution in [2.75, 3.05) is 12.8 Å². The largest absolute Gasteiger partial charge is 0.396 e. The van der Waals surface area contributed by atoms with Gasteiger partial charge in [0.2, 0.25) is 10.0 Å². The van der Waals surface area contributed by atoms with Gasteiger partial charge in [0.15, 0.2) is 0 Å². The fourth-order valence-electron chi connectivity index (χ4n) is 1.93. The van der Waals surface area contributed by atoms with Crippen LogP contribution in [0.15, 0.2) is 41.6 Å². The van der Waals surface area contributed by atoms with Crippen LogP contribution >= 0.6 is 0 Å². The Morgan fingerprint density at radius 1 is 1.38 bits per heavy atom. The molecule has 0 radical (unpaired) electrons. The maximum absolute atomic E-state index is 13.5. The number of hydrogen-bond donors (Lipinski definition) is 1. The van der Waals surface area contributed by atoms with Crippen LogP contribution in [0.5, 0.6) is 0 Å². The second-order valence-electron chi connectivity index (χ2n) is 4.77. The van der Waals surface area contributed by atoms with E-state index in [0.29, 0.717) is 0 Å². The lowest BCUT2D eigenvalue weighted by Gasteiger charge is -2.18. The summed E-state index contributed by atoms with van der Waals surface area (Å²) in [6.45, 7) is 1.65. The molecule has 2 aromatic rings. The molecule has 0 saturated carbocycles. The van der Waals surface area contributed by atoms with E-state index in [1.54, 1.807) is 24.5 Å². The molecule has 21 heavy (non-hydrogen) atoms. The van der Waals surface area contributed by atoms with E-state index in [9.17, 15) is 12.8 Å². The van der Waals surface area contributed by atoms with Gasteiger partial charge in [0.1, 0.15) is 5.82 Å². The highest BCUT2D eigenvalue weighted by Gasteiger charge is 2.22. The van der Waals surface area contributed by atoms with Crippen molar-refractivity contribution in [2.24, 2.45) is 0 Å². The zero-order valence-corrected chi connectivity index (χ0v) is 12.6. The van der Waals surface area contributed by atoms with Crippen molar-refractivity contribution in [1.82, 2.24) is 9.29 Å². The van der Waals surface area contributed by atoms with Gasteiger partial charge in [0.05, 0.1) is 10.6 Å². The molecule has 2 rings (SSSR count). The first-order chi connectivity index (χ1) is 9.82. The number of halogens is 1. The second kappa shape index (κ2) is 5.79. The Morgan fingerprint density at radius 3 is 2.67 bits per heavy atom. The standard InChI is InChI=1S/C14H16FN3O2S/c1-10-6-12(7-13(16)14(10)15)21(19,20)18(2)9-11-4-3-5-17-8-11/h3-8H,9,16H2,1-2H3. The predicted octanol–water partition coefficient (Wildman–Crippen LogP) is 1.93. The summed E-state index contributed by atoms with van der Waals surface area (Å²) in [5.74, 6) is -0.594. The van der Waals surface area contributed by atoms with Crippen LogP contribution < -0.4 is 5.73 Å². The Balaban J connectivity index is 2.33. The highest BCUT2D eigenvalue weighted by Crippen LogP contribution is 2.23. The molecule has 1 heterocycles. The smallest absolute Gasteiger partial charge is 0.243 e. The SMILES string of the molecule is Cc1cc(S(=O)(=O)N(C)Cc2cccnc2)cc(N)c1F. The number of aryl methyl sites for hydroxylation is 1. The molecule has 5 nitrogen and oxygen atoms in total.